The molecule has 1 aromatic carbocycles. The van der Waals surface area contributed by atoms with Gasteiger partial charge in [0.05, 0.1) is 25.4 Å². The first-order valence-electron chi connectivity index (χ1n) is 13.3. The standard InChI is InChI=1S/C29H36F3N5O5/c1-9-41-21-13-17-14-37(25(35-27(40)29(30,31)32)22(17)34-23(21)26(39)33-6)15-20(38)16-11-18(28(3,4)5)24(42-10-2)19(12-16)36(7)8/h11-14H,9-10,15H2,1-8H3,(H,33,39)(H,35,40). The van der Waals surface area contributed by atoms with Crippen LogP contribution in [0.2, 0.25) is 0 Å². The van der Waals surface area contributed by atoms with E-state index in [1.54, 1.807) is 19.1 Å². The number of Topliss-reactive ketones (excluding diaryl/α,β-unsaturated/α-hetero) is 1. The van der Waals surface area contributed by atoms with Crippen LogP contribution < -0.4 is 25.0 Å². The molecule has 0 saturated carbocycles. The van der Waals surface area contributed by atoms with Gasteiger partial charge in [-0.05, 0) is 37.5 Å². The number of pyridine rings is 1. The normalized spacial score (nSPS) is 11.8. The van der Waals surface area contributed by atoms with Crippen molar-refractivity contribution in [3.05, 3.63) is 41.2 Å². The number of carbonyl (C=O) groups is 3. The second kappa shape index (κ2) is 12.3. The number of nitrogens with zero attached hydrogens (tertiary/aromatic N) is 3. The number of carbonyl (C=O) groups excluding carboxylic acids is 3. The van der Waals surface area contributed by atoms with E-state index in [4.69, 9.17) is 9.47 Å². The van der Waals surface area contributed by atoms with Crippen molar-refractivity contribution in [1.29, 1.82) is 0 Å². The third-order valence-corrected chi connectivity index (χ3v) is 6.34. The van der Waals surface area contributed by atoms with Gasteiger partial charge in [0.25, 0.3) is 5.91 Å². The average molecular weight is 592 g/mol. The number of rotatable bonds is 10. The smallest absolute Gasteiger partial charge is 0.471 e. The van der Waals surface area contributed by atoms with Gasteiger partial charge in [-0.25, -0.2) is 4.98 Å². The highest BCUT2D eigenvalue weighted by molar-refractivity contribution is 6.06. The number of halogens is 3. The summed E-state index contributed by atoms with van der Waals surface area (Å²) in [6.07, 6.45) is -3.83. The molecule has 0 aliphatic carbocycles. The number of amides is 2. The summed E-state index contributed by atoms with van der Waals surface area (Å²) in [5.41, 5.74) is 1.03. The summed E-state index contributed by atoms with van der Waals surface area (Å²) in [7, 11) is 4.99. The van der Waals surface area contributed by atoms with Crippen LogP contribution in [-0.2, 0) is 16.8 Å². The molecule has 0 radical (unpaired) electrons. The molecule has 13 heteroatoms. The average Bonchev–Trinajstić information content (AvgIpc) is 3.22. The lowest BCUT2D eigenvalue weighted by Gasteiger charge is -2.28. The Kier molecular flexibility index (Phi) is 9.43. The summed E-state index contributed by atoms with van der Waals surface area (Å²) in [6.45, 7) is 9.66. The number of aromatic nitrogens is 2. The zero-order valence-corrected chi connectivity index (χ0v) is 24.9. The van der Waals surface area contributed by atoms with Gasteiger partial charge in [-0.2, -0.15) is 13.2 Å². The molecule has 2 N–H and O–H groups in total. The van der Waals surface area contributed by atoms with Crippen molar-refractivity contribution in [3.63, 3.8) is 0 Å². The molecule has 0 bridgehead atoms. The first-order chi connectivity index (χ1) is 19.5. The van der Waals surface area contributed by atoms with E-state index < -0.39 is 35.7 Å². The molecule has 3 aromatic rings. The molecule has 0 saturated heterocycles. The minimum absolute atomic E-state index is 0.0958. The number of nitrogens with one attached hydrogen (secondary N) is 2. The lowest BCUT2D eigenvalue weighted by molar-refractivity contribution is -0.167. The monoisotopic (exact) mass is 591 g/mol. The largest absolute Gasteiger partial charge is 0.491 e. The Bertz CT molecular complexity index is 1510. The first-order valence-corrected chi connectivity index (χ1v) is 13.3. The Hall–Kier alpha value is -4.29. The predicted molar refractivity (Wildman–Crippen MR) is 154 cm³/mol. The molecule has 2 amide bonds. The molecule has 42 heavy (non-hydrogen) atoms. The molecule has 228 valence electrons. The van der Waals surface area contributed by atoms with Gasteiger partial charge in [-0.15, -0.1) is 0 Å². The van der Waals surface area contributed by atoms with Crippen molar-refractivity contribution in [1.82, 2.24) is 14.9 Å². The van der Waals surface area contributed by atoms with E-state index in [9.17, 15) is 27.6 Å². The highest BCUT2D eigenvalue weighted by Crippen LogP contribution is 2.40. The van der Waals surface area contributed by atoms with Crippen LogP contribution in [0.15, 0.2) is 24.4 Å². The van der Waals surface area contributed by atoms with E-state index in [-0.39, 0.29) is 34.8 Å². The van der Waals surface area contributed by atoms with E-state index in [1.165, 1.54) is 23.9 Å². The van der Waals surface area contributed by atoms with Crippen molar-refractivity contribution in [2.75, 3.05) is 44.6 Å². The van der Waals surface area contributed by atoms with E-state index in [0.717, 1.165) is 5.56 Å². The predicted octanol–water partition coefficient (Wildman–Crippen LogP) is 4.94. The third-order valence-electron chi connectivity index (χ3n) is 6.34. The van der Waals surface area contributed by atoms with Gasteiger partial charge in [-0.1, -0.05) is 20.8 Å². The molecule has 0 spiro atoms. The molecular formula is C29H36F3N5O5. The third kappa shape index (κ3) is 6.77. The van der Waals surface area contributed by atoms with Crippen molar-refractivity contribution in [2.45, 2.75) is 52.8 Å². The molecule has 3 rings (SSSR count). The molecule has 2 aromatic heterocycles. The van der Waals surface area contributed by atoms with E-state index in [1.807, 2.05) is 52.0 Å². The SMILES string of the molecule is CCOc1cc2cn(CC(=O)c3cc(N(C)C)c(OCC)c(C(C)(C)C)c3)c(NC(=O)C(F)(F)F)c2nc1C(=O)NC. The zero-order valence-electron chi connectivity index (χ0n) is 24.9. The maximum absolute atomic E-state index is 13.7. The number of hydrogen-bond acceptors (Lipinski definition) is 7. The van der Waals surface area contributed by atoms with Gasteiger partial charge in [0.15, 0.2) is 17.2 Å². The fraction of sp³-hybridized carbons (Fsp3) is 0.448. The van der Waals surface area contributed by atoms with Gasteiger partial charge >= 0.3 is 12.1 Å². The second-order valence-corrected chi connectivity index (χ2v) is 10.7. The Morgan fingerprint density at radius 1 is 1.02 bits per heavy atom. The quantitative estimate of drug-likeness (QED) is 0.321. The number of hydrogen-bond donors (Lipinski definition) is 2. The molecule has 0 fully saturated rings. The minimum Gasteiger partial charge on any atom is -0.491 e. The van der Waals surface area contributed by atoms with Gasteiger partial charge in [0.2, 0.25) is 0 Å². The lowest BCUT2D eigenvalue weighted by Crippen LogP contribution is -2.31. The van der Waals surface area contributed by atoms with Crippen LogP contribution in [0.1, 0.15) is 61.0 Å². The van der Waals surface area contributed by atoms with Gasteiger partial charge in [0, 0.05) is 43.9 Å². The maximum atomic E-state index is 13.7. The van der Waals surface area contributed by atoms with Crippen LogP contribution in [0.25, 0.3) is 10.9 Å². The number of anilines is 2. The van der Waals surface area contributed by atoms with Crippen molar-refractivity contribution >= 4 is 40.0 Å². The summed E-state index contributed by atoms with van der Waals surface area (Å²) in [5, 5.41) is 4.51. The zero-order chi connectivity index (χ0) is 31.6. The number of fused-ring (bicyclic) bond motifs is 1. The summed E-state index contributed by atoms with van der Waals surface area (Å²) in [4.78, 5) is 44.3. The van der Waals surface area contributed by atoms with Crippen LogP contribution in [-0.4, -0.2) is 67.7 Å². The van der Waals surface area contributed by atoms with E-state index in [0.29, 0.717) is 23.6 Å². The number of ketones is 1. The minimum atomic E-state index is -5.21. The number of ether oxygens (including phenoxy) is 2. The fourth-order valence-electron chi connectivity index (χ4n) is 4.35. The molecule has 0 aliphatic heterocycles. The summed E-state index contributed by atoms with van der Waals surface area (Å²) in [5.74, 6) is -2.99. The van der Waals surface area contributed by atoms with Crippen LogP contribution in [0, 0.1) is 0 Å². The first kappa shape index (κ1) is 32.2. The van der Waals surface area contributed by atoms with Gasteiger partial charge < -0.3 is 29.6 Å². The van der Waals surface area contributed by atoms with E-state index >= 15 is 0 Å². The summed E-state index contributed by atoms with van der Waals surface area (Å²) in [6, 6.07) is 4.81. The van der Waals surface area contributed by atoms with Crippen molar-refractivity contribution in [3.8, 4) is 11.5 Å². The highest BCUT2D eigenvalue weighted by atomic mass is 19.4. The Balaban J connectivity index is 2.22. The van der Waals surface area contributed by atoms with Crippen LogP contribution >= 0.6 is 0 Å². The van der Waals surface area contributed by atoms with Crippen LogP contribution in [0.5, 0.6) is 11.5 Å². The Labute approximate surface area is 242 Å². The fourth-order valence-corrected chi connectivity index (χ4v) is 4.35. The lowest BCUT2D eigenvalue weighted by atomic mass is 9.84. The van der Waals surface area contributed by atoms with Crippen LogP contribution in [0.4, 0.5) is 24.7 Å². The van der Waals surface area contributed by atoms with Crippen molar-refractivity contribution < 1.29 is 37.0 Å². The molecular weight excluding hydrogens is 555 g/mol. The Morgan fingerprint density at radius 2 is 1.67 bits per heavy atom. The number of alkyl halides is 3. The van der Waals surface area contributed by atoms with Gasteiger partial charge in [-0.3, -0.25) is 14.4 Å². The van der Waals surface area contributed by atoms with E-state index in [2.05, 4.69) is 10.3 Å². The number of benzene rings is 1. The topological polar surface area (TPSA) is 115 Å². The highest BCUT2D eigenvalue weighted by Gasteiger charge is 2.40. The molecule has 0 aliphatic rings. The van der Waals surface area contributed by atoms with Crippen molar-refractivity contribution in [2.24, 2.45) is 0 Å². The molecule has 0 atom stereocenters. The summed E-state index contributed by atoms with van der Waals surface area (Å²) >= 11 is 0. The molecule has 0 unspecified atom stereocenters. The maximum Gasteiger partial charge on any atom is 0.471 e. The van der Waals surface area contributed by atoms with Gasteiger partial charge in [0.1, 0.15) is 17.1 Å². The summed E-state index contributed by atoms with van der Waals surface area (Å²) < 4.78 is 52.5. The molecule has 2 heterocycles. The molecule has 10 nitrogen and oxygen atoms in total. The Morgan fingerprint density at radius 3 is 2.19 bits per heavy atom. The second-order valence-electron chi connectivity index (χ2n) is 10.7. The van der Waals surface area contributed by atoms with Crippen LogP contribution in [0.3, 0.4) is 0 Å².